The van der Waals surface area contributed by atoms with Crippen molar-refractivity contribution in [3.05, 3.63) is 59.2 Å². The second kappa shape index (κ2) is 6.79. The van der Waals surface area contributed by atoms with Crippen molar-refractivity contribution in [1.82, 2.24) is 0 Å². The standard InChI is InChI=1S/C16H12F3NO5S/c1-26(24,25)13-5-3-2-4-11(13)14(21)20-12-8-9(16(17,18)19)6-7-10(12)15(22)23/h2-8H,1H3,(H,20,21)(H,22,23)/p-1. The first-order valence-corrected chi connectivity index (χ1v) is 8.83. The predicted molar refractivity (Wildman–Crippen MR) is 83.3 cm³/mol. The molecule has 0 aliphatic rings. The van der Waals surface area contributed by atoms with Crippen LogP contribution in [0, 0.1) is 0 Å². The van der Waals surface area contributed by atoms with Crippen molar-refractivity contribution in [3.8, 4) is 0 Å². The number of sulfone groups is 1. The Bertz CT molecular complexity index is 984. The summed E-state index contributed by atoms with van der Waals surface area (Å²) in [6.45, 7) is 0. The fraction of sp³-hybridized carbons (Fsp3) is 0.125. The van der Waals surface area contributed by atoms with Gasteiger partial charge in [0.05, 0.1) is 27.7 Å². The molecule has 10 heteroatoms. The second-order valence-corrected chi connectivity index (χ2v) is 7.25. The summed E-state index contributed by atoms with van der Waals surface area (Å²) in [7, 11) is -3.80. The number of benzene rings is 2. The Balaban J connectivity index is 2.52. The molecule has 0 aliphatic heterocycles. The van der Waals surface area contributed by atoms with Crippen LogP contribution in [0.2, 0.25) is 0 Å². The number of hydrogen-bond acceptors (Lipinski definition) is 5. The van der Waals surface area contributed by atoms with E-state index in [9.17, 15) is 36.3 Å². The van der Waals surface area contributed by atoms with Crippen molar-refractivity contribution >= 4 is 27.4 Å². The molecular weight excluding hydrogens is 375 g/mol. The van der Waals surface area contributed by atoms with Gasteiger partial charge in [-0.1, -0.05) is 18.2 Å². The van der Waals surface area contributed by atoms with E-state index in [1.165, 1.54) is 12.1 Å². The number of aromatic carboxylic acids is 1. The van der Waals surface area contributed by atoms with Gasteiger partial charge in [-0.3, -0.25) is 4.79 Å². The maximum absolute atomic E-state index is 12.8. The van der Waals surface area contributed by atoms with E-state index in [0.29, 0.717) is 18.2 Å². The molecule has 2 aromatic carbocycles. The predicted octanol–water partition coefficient (Wildman–Crippen LogP) is 1.72. The van der Waals surface area contributed by atoms with Crippen LogP contribution in [0.4, 0.5) is 18.9 Å². The topological polar surface area (TPSA) is 103 Å². The van der Waals surface area contributed by atoms with Gasteiger partial charge in [0.1, 0.15) is 0 Å². The fourth-order valence-corrected chi connectivity index (χ4v) is 3.06. The lowest BCUT2D eigenvalue weighted by molar-refractivity contribution is -0.254. The number of rotatable bonds is 4. The van der Waals surface area contributed by atoms with E-state index in [1.54, 1.807) is 0 Å². The highest BCUT2D eigenvalue weighted by molar-refractivity contribution is 7.90. The molecule has 0 spiro atoms. The van der Waals surface area contributed by atoms with E-state index in [-0.39, 0.29) is 10.5 Å². The third-order valence-electron chi connectivity index (χ3n) is 3.35. The second-order valence-electron chi connectivity index (χ2n) is 5.27. The van der Waals surface area contributed by atoms with Crippen molar-refractivity contribution in [2.75, 3.05) is 11.6 Å². The van der Waals surface area contributed by atoms with Crippen LogP contribution in [0.5, 0.6) is 0 Å². The van der Waals surface area contributed by atoms with Crippen LogP contribution >= 0.6 is 0 Å². The third kappa shape index (κ3) is 4.20. The molecule has 0 saturated carbocycles. The number of carbonyl (C=O) groups is 2. The molecule has 2 rings (SSSR count). The van der Waals surface area contributed by atoms with E-state index in [1.807, 2.05) is 5.32 Å². The van der Waals surface area contributed by atoms with Gasteiger partial charge in [-0.2, -0.15) is 13.2 Å². The van der Waals surface area contributed by atoms with E-state index in [4.69, 9.17) is 0 Å². The molecule has 2 aromatic rings. The summed E-state index contributed by atoms with van der Waals surface area (Å²) in [5.41, 5.74) is -2.86. The number of carbonyl (C=O) groups excluding carboxylic acids is 2. The highest BCUT2D eigenvalue weighted by atomic mass is 32.2. The molecule has 0 fully saturated rings. The molecule has 0 unspecified atom stereocenters. The van der Waals surface area contributed by atoms with E-state index >= 15 is 0 Å². The van der Waals surface area contributed by atoms with Crippen LogP contribution in [0.15, 0.2) is 47.4 Å². The smallest absolute Gasteiger partial charge is 0.416 e. The Morgan fingerprint density at radius 3 is 2.19 bits per heavy atom. The van der Waals surface area contributed by atoms with Gasteiger partial charge < -0.3 is 15.2 Å². The van der Waals surface area contributed by atoms with Crippen molar-refractivity contribution < 1.29 is 36.3 Å². The van der Waals surface area contributed by atoms with Crippen LogP contribution in [-0.2, 0) is 16.0 Å². The van der Waals surface area contributed by atoms with Gasteiger partial charge in [-0.25, -0.2) is 8.42 Å². The fourth-order valence-electron chi connectivity index (χ4n) is 2.17. The van der Waals surface area contributed by atoms with Gasteiger partial charge in [-0.15, -0.1) is 0 Å². The molecule has 6 nitrogen and oxygen atoms in total. The zero-order valence-electron chi connectivity index (χ0n) is 13.1. The monoisotopic (exact) mass is 386 g/mol. The Kier molecular flexibility index (Phi) is 5.08. The quantitative estimate of drug-likeness (QED) is 0.862. The van der Waals surface area contributed by atoms with Crippen LogP contribution in [-0.4, -0.2) is 26.6 Å². The van der Waals surface area contributed by atoms with Crippen molar-refractivity contribution in [2.24, 2.45) is 0 Å². The van der Waals surface area contributed by atoms with E-state index in [0.717, 1.165) is 18.4 Å². The lowest BCUT2D eigenvalue weighted by Crippen LogP contribution is -2.25. The lowest BCUT2D eigenvalue weighted by atomic mass is 10.1. The van der Waals surface area contributed by atoms with Gasteiger partial charge in [0.15, 0.2) is 9.84 Å². The summed E-state index contributed by atoms with van der Waals surface area (Å²) >= 11 is 0. The molecular formula is C16H11F3NO5S-. The molecule has 1 amide bonds. The van der Waals surface area contributed by atoms with Crippen molar-refractivity contribution in [1.29, 1.82) is 0 Å². The zero-order valence-corrected chi connectivity index (χ0v) is 13.9. The number of nitrogens with one attached hydrogen (secondary N) is 1. The first kappa shape index (κ1) is 19.4. The summed E-state index contributed by atoms with van der Waals surface area (Å²) in [6, 6.07) is 6.64. The molecule has 0 saturated heterocycles. The Morgan fingerprint density at radius 2 is 1.65 bits per heavy atom. The first-order chi connectivity index (χ1) is 11.9. The summed E-state index contributed by atoms with van der Waals surface area (Å²) in [6.07, 6.45) is -3.91. The number of carboxylic acid groups (broad SMARTS) is 1. The number of amides is 1. The van der Waals surface area contributed by atoms with Crippen LogP contribution in [0.25, 0.3) is 0 Å². The minimum Gasteiger partial charge on any atom is -0.545 e. The lowest BCUT2D eigenvalue weighted by Gasteiger charge is -2.16. The molecule has 0 bridgehead atoms. The number of hydrogen-bond donors (Lipinski definition) is 1. The molecule has 0 aromatic heterocycles. The largest absolute Gasteiger partial charge is 0.545 e. The minimum absolute atomic E-state index is 0.336. The zero-order chi connectivity index (χ0) is 19.7. The van der Waals surface area contributed by atoms with Crippen molar-refractivity contribution in [2.45, 2.75) is 11.1 Å². The highest BCUT2D eigenvalue weighted by Crippen LogP contribution is 2.32. The maximum atomic E-state index is 12.8. The summed E-state index contributed by atoms with van der Waals surface area (Å²) in [5, 5.41) is 13.1. The molecule has 0 atom stereocenters. The number of halogens is 3. The van der Waals surface area contributed by atoms with Crippen molar-refractivity contribution in [3.63, 3.8) is 0 Å². The molecule has 0 aliphatic carbocycles. The van der Waals surface area contributed by atoms with E-state index < -0.39 is 44.7 Å². The maximum Gasteiger partial charge on any atom is 0.416 e. The van der Waals surface area contributed by atoms with Gasteiger partial charge in [0, 0.05) is 11.8 Å². The summed E-state index contributed by atoms with van der Waals surface area (Å²) < 4.78 is 62.0. The van der Waals surface area contributed by atoms with Crippen LogP contribution in [0.1, 0.15) is 26.3 Å². The number of anilines is 1. The first-order valence-electron chi connectivity index (χ1n) is 6.94. The van der Waals surface area contributed by atoms with Crippen LogP contribution in [0.3, 0.4) is 0 Å². The summed E-state index contributed by atoms with van der Waals surface area (Å²) in [5.74, 6) is -2.88. The van der Waals surface area contributed by atoms with Gasteiger partial charge in [0.2, 0.25) is 0 Å². The van der Waals surface area contributed by atoms with E-state index in [2.05, 4.69) is 0 Å². The average Bonchev–Trinajstić information content (AvgIpc) is 2.52. The molecule has 1 N–H and O–H groups in total. The third-order valence-corrected chi connectivity index (χ3v) is 4.50. The molecule has 0 radical (unpaired) electrons. The SMILES string of the molecule is CS(=O)(=O)c1ccccc1C(=O)Nc1cc(C(F)(F)F)ccc1C(=O)[O-]. The highest BCUT2D eigenvalue weighted by Gasteiger charge is 2.31. The van der Waals surface area contributed by atoms with Gasteiger partial charge in [0.25, 0.3) is 5.91 Å². The molecule has 0 heterocycles. The molecule has 138 valence electrons. The number of alkyl halides is 3. The Labute approximate surface area is 146 Å². The van der Waals surface area contributed by atoms with Crippen LogP contribution < -0.4 is 10.4 Å². The Hall–Kier alpha value is -2.88. The summed E-state index contributed by atoms with van der Waals surface area (Å²) in [4.78, 5) is 23.1. The normalized spacial score (nSPS) is 11.8. The minimum atomic E-state index is -4.77. The van der Waals surface area contributed by atoms with Gasteiger partial charge >= 0.3 is 6.18 Å². The number of carboxylic acids is 1. The average molecular weight is 386 g/mol. The van der Waals surface area contributed by atoms with Gasteiger partial charge in [-0.05, 0) is 24.3 Å². The Morgan fingerprint density at radius 1 is 1.04 bits per heavy atom. The molecule has 26 heavy (non-hydrogen) atoms.